The van der Waals surface area contributed by atoms with Gasteiger partial charge in [-0.25, -0.2) is 4.98 Å². The average molecular weight is 1080 g/mol. The summed E-state index contributed by atoms with van der Waals surface area (Å²) in [5, 5.41) is 1.12. The zero-order valence-corrected chi connectivity index (χ0v) is 42.2. The molecule has 79 heavy (non-hydrogen) atoms. The van der Waals surface area contributed by atoms with Crippen molar-refractivity contribution in [2.24, 2.45) is 0 Å². The second-order valence-corrected chi connectivity index (χ2v) is 20.5. The van der Waals surface area contributed by atoms with Gasteiger partial charge in [-0.2, -0.15) is 0 Å². The lowest BCUT2D eigenvalue weighted by Crippen LogP contribution is -2.34. The molecule has 0 N–H and O–H groups in total. The summed E-state index contributed by atoms with van der Waals surface area (Å²) in [4.78, 5) is 4.78. The number of pyridine rings is 1. The van der Waals surface area contributed by atoms with Crippen molar-refractivity contribution in [3.05, 3.63) is 222 Å². The van der Waals surface area contributed by atoms with Gasteiger partial charge in [0.15, 0.2) is 0 Å². The van der Waals surface area contributed by atoms with E-state index in [1.54, 1.807) is 42.6 Å². The standard InChI is InChI=1S/C74H72N4O/c1-70(2,3)52-35-40-75-68(44-52)78-64-34-29-49(48-19-13-12-14-20-48)41-59(64)58-31-30-55(46-67(58)78)79-54-22-17-21-53(45-54)76-47-77(66-26-16-15-25-65(66)76)69-56(50-27-32-60-62(42-50)73(8,9)38-36-71(60,4)5)23-18-24-57(69)51-28-33-61-63(43-51)74(10,11)39-37-72(61,6)7/h12-35,40-46H,36-39H2,1-11H3/i4D3,5D3,6D3,7D3,8D3,9D3,10D3,11D3,12D,13D,14D,19D,20D,27D,28D,32D,33D,36D2,37D2,38D2,39D2,42D,43D. The Morgan fingerprint density at radius 3 is 1.85 bits per heavy atom. The third-order valence-electron chi connectivity index (χ3n) is 14.0. The number of benzene rings is 8. The summed E-state index contributed by atoms with van der Waals surface area (Å²) < 4.78 is 407. The van der Waals surface area contributed by atoms with E-state index < -0.39 is 224 Å². The van der Waals surface area contributed by atoms with Gasteiger partial charge in [0.1, 0.15) is 17.3 Å². The van der Waals surface area contributed by atoms with E-state index in [0.717, 1.165) is 28.3 Å². The predicted octanol–water partition coefficient (Wildman–Crippen LogP) is 19.0. The van der Waals surface area contributed by atoms with Crippen molar-refractivity contribution in [3.8, 4) is 62.1 Å². The molecular weight excluding hydrogens is 961 g/mol. The molecule has 0 atom stereocenters. The molecule has 0 aliphatic heterocycles. The van der Waals surface area contributed by atoms with Crippen molar-refractivity contribution in [3.63, 3.8) is 0 Å². The maximum Gasteiger partial charge on any atom is 0.269 e. The van der Waals surface area contributed by atoms with Crippen molar-refractivity contribution in [2.45, 2.75) is 128 Å². The van der Waals surface area contributed by atoms with Gasteiger partial charge in [0, 0.05) is 66.9 Å². The molecule has 0 radical (unpaired) electrons. The summed E-state index contributed by atoms with van der Waals surface area (Å²) in [6.45, 7) is -30.6. The van der Waals surface area contributed by atoms with Crippen molar-refractivity contribution >= 4 is 32.8 Å². The molecule has 0 unspecified atom stereocenters. The Bertz CT molecular complexity index is 5940. The fourth-order valence-corrected chi connectivity index (χ4v) is 10.1. The minimum atomic E-state index is -4.88. The van der Waals surface area contributed by atoms with E-state index in [1.807, 2.05) is 37.5 Å². The van der Waals surface area contributed by atoms with Gasteiger partial charge < -0.3 is 4.74 Å². The van der Waals surface area contributed by atoms with Gasteiger partial charge in [-0.1, -0.05) is 197 Å². The Hall–Kier alpha value is -8.02. The molecule has 3 heterocycles. The van der Waals surface area contributed by atoms with E-state index >= 15 is 0 Å². The molecule has 2 aliphatic rings. The van der Waals surface area contributed by atoms with Gasteiger partial charge in [0.25, 0.3) is 6.33 Å². The second kappa shape index (κ2) is 18.3. The Labute approximate surface area is 527 Å². The number of rotatable bonds is 8. The van der Waals surface area contributed by atoms with E-state index in [1.165, 1.54) is 53.1 Å². The van der Waals surface area contributed by atoms with Crippen LogP contribution in [0.1, 0.15) is 188 Å². The van der Waals surface area contributed by atoms with Crippen LogP contribution in [0, 0.1) is 6.33 Å². The minimum absolute atomic E-state index is 0.00397. The minimum Gasteiger partial charge on any atom is -0.458 e. The molecule has 0 fully saturated rings. The van der Waals surface area contributed by atoms with Crippen molar-refractivity contribution in [1.29, 1.82) is 0 Å². The van der Waals surface area contributed by atoms with Crippen LogP contribution in [0.3, 0.4) is 0 Å². The largest absolute Gasteiger partial charge is 0.458 e. The lowest BCUT2D eigenvalue weighted by Gasteiger charge is -2.42. The SMILES string of the molecule is [2H]c1c([2H])c([2H])c(-c2ccc3c(c2)c2ccc(Oc4cccc(-n5[c-][n+](-c6c(-c7c([2H])c([2H])c8c(c7[2H])C(C([2H])([2H])[2H])(C([2H])([2H])[2H])C([2H])([2H])C([2H])([2H])C8(C([2H])([2H])[2H])C([2H])([2H])[2H])cccc6-c6c([2H])c([2H])c7c(c6[2H])C(C([2H])([2H])[2H])(C([2H])([2H])[2H])C([2H])([2H])C([2H])([2H])C7(C([2H])([2H])[2H])C([2H])([2H])[2H])c6ccccc65)c4)cc2n3-c2cc(C(C)(C)C)ccn2)c([2H])c1[2H]. The van der Waals surface area contributed by atoms with Crippen LogP contribution in [0.25, 0.3) is 83.4 Å². The van der Waals surface area contributed by atoms with Crippen LogP contribution < -0.4 is 9.30 Å². The maximum absolute atomic E-state index is 10.4. The number of fused-ring (bicyclic) bond motifs is 6. The smallest absolute Gasteiger partial charge is 0.269 e. The highest BCUT2D eigenvalue weighted by Crippen LogP contribution is 2.50. The van der Waals surface area contributed by atoms with E-state index in [-0.39, 0.29) is 39.3 Å². The molecule has 5 nitrogen and oxygen atoms in total. The molecule has 3 aromatic heterocycles. The van der Waals surface area contributed by atoms with Crippen LogP contribution in [0.15, 0.2) is 188 Å². The summed E-state index contributed by atoms with van der Waals surface area (Å²) in [5.41, 5.74) is -30.5. The van der Waals surface area contributed by atoms with Crippen LogP contribution >= 0.6 is 0 Å². The average Bonchev–Trinajstić information content (AvgIpc) is 0.798. The summed E-state index contributed by atoms with van der Waals surface area (Å²) in [6.07, 6.45) is -14.7. The highest BCUT2D eigenvalue weighted by atomic mass is 16.5. The van der Waals surface area contributed by atoms with Crippen LogP contribution in [0.2, 0.25) is 0 Å². The van der Waals surface area contributed by atoms with Gasteiger partial charge in [0.05, 0.1) is 48.5 Å². The molecular formula is C74H72N4O. The second-order valence-electron chi connectivity index (χ2n) is 20.5. The maximum atomic E-state index is 10.4. The Balaban J connectivity index is 1.16. The molecule has 11 aromatic rings. The first kappa shape index (κ1) is 21.9. The Morgan fingerprint density at radius 1 is 0.557 bits per heavy atom. The first-order chi connectivity index (χ1) is 55.4. The van der Waals surface area contributed by atoms with E-state index in [4.69, 9.17) is 49.5 Å². The topological polar surface area (TPSA) is 35.9 Å². The lowest BCUT2D eigenvalue weighted by molar-refractivity contribution is -0.571. The Morgan fingerprint density at radius 2 is 1.19 bits per heavy atom. The summed E-state index contributed by atoms with van der Waals surface area (Å²) in [6, 6.07) is 14.6. The molecule has 0 amide bonds. The fourth-order valence-electron chi connectivity index (χ4n) is 10.1. The monoisotopic (exact) mass is 1080 g/mol. The zero-order valence-electron chi connectivity index (χ0n) is 85.2. The normalized spacial score (nSPS) is 28.0. The van der Waals surface area contributed by atoms with Gasteiger partial charge in [-0.3, -0.25) is 13.7 Å². The molecule has 13 rings (SSSR count). The number of para-hydroxylation sites is 3. The van der Waals surface area contributed by atoms with Gasteiger partial charge in [0.2, 0.25) is 0 Å². The third kappa shape index (κ3) is 8.68. The number of imidazole rings is 1. The molecule has 2 aliphatic carbocycles. The molecule has 0 saturated carbocycles. The van der Waals surface area contributed by atoms with E-state index in [2.05, 4.69) is 6.33 Å². The van der Waals surface area contributed by atoms with Crippen molar-refractivity contribution in [2.75, 3.05) is 0 Å². The summed E-state index contributed by atoms with van der Waals surface area (Å²) in [5.74, 6) is 0.617. The van der Waals surface area contributed by atoms with Crippen molar-refractivity contribution < 1.29 is 68.2 Å². The van der Waals surface area contributed by atoms with Crippen LogP contribution in [-0.2, 0) is 27.1 Å². The first-order valence-corrected chi connectivity index (χ1v) is 24.7. The van der Waals surface area contributed by atoms with E-state index in [9.17, 15) is 19.2 Å². The quantitative estimate of drug-likeness (QED) is 0.112. The first-order valence-electron chi connectivity index (χ1n) is 46.2. The molecule has 5 heteroatoms. The molecule has 0 bridgehead atoms. The van der Waals surface area contributed by atoms with Crippen molar-refractivity contribution in [1.82, 2.24) is 14.1 Å². The number of hydrogen-bond donors (Lipinski definition) is 0. The zero-order chi connectivity index (χ0) is 91.5. The number of hydrogen-bond acceptors (Lipinski definition) is 2. The summed E-state index contributed by atoms with van der Waals surface area (Å²) in [7, 11) is 0. The van der Waals surface area contributed by atoms with Gasteiger partial charge in [-0.15, -0.1) is 0 Å². The molecule has 8 aromatic carbocycles. The number of nitrogens with zero attached hydrogens (tertiary/aromatic N) is 4. The van der Waals surface area contributed by atoms with Gasteiger partial charge >= 0.3 is 0 Å². The number of ether oxygens (including phenoxy) is 1. The fraction of sp³-hybridized carbons (Fsp3) is 0.270. The van der Waals surface area contributed by atoms with E-state index in [0.29, 0.717) is 27.6 Å². The van der Waals surface area contributed by atoms with Gasteiger partial charge in [-0.05, 0) is 168 Å². The molecule has 0 saturated heterocycles. The molecule has 394 valence electrons. The van der Waals surface area contributed by atoms with Crippen LogP contribution in [0.4, 0.5) is 0 Å². The predicted molar refractivity (Wildman–Crippen MR) is 328 cm³/mol. The molecule has 0 spiro atoms. The lowest BCUT2D eigenvalue weighted by atomic mass is 9.62. The highest BCUT2D eigenvalue weighted by molar-refractivity contribution is 6.10. The van der Waals surface area contributed by atoms with Crippen LogP contribution in [-0.4, -0.2) is 14.1 Å². The number of aromatic nitrogens is 4. The summed E-state index contributed by atoms with van der Waals surface area (Å²) >= 11 is 0. The Kier molecular flexibility index (Phi) is 5.07. The highest BCUT2D eigenvalue weighted by Gasteiger charge is 2.39. The third-order valence-corrected chi connectivity index (χ3v) is 14.0. The van der Waals surface area contributed by atoms with Crippen LogP contribution in [0.5, 0.6) is 11.5 Å².